The maximum Gasteiger partial charge on any atom is 0.335 e. The van der Waals surface area contributed by atoms with Crippen LogP contribution >= 0.6 is 0 Å². The summed E-state index contributed by atoms with van der Waals surface area (Å²) in [4.78, 5) is 38.9. The average molecular weight is 444 g/mol. The van der Waals surface area contributed by atoms with Gasteiger partial charge in [-0.1, -0.05) is 55.5 Å². The van der Waals surface area contributed by atoms with Crippen LogP contribution in [0.15, 0.2) is 78.4 Å². The predicted molar refractivity (Wildman–Crippen MR) is 122 cm³/mol. The number of carbonyl (C=O) groups is 3. The minimum absolute atomic E-state index is 0.0713. The number of urea groups is 1. The summed E-state index contributed by atoms with van der Waals surface area (Å²) in [6, 6.07) is 19.3. The largest absolute Gasteiger partial charge is 0.489 e. The highest BCUT2D eigenvalue weighted by molar-refractivity contribution is 6.39. The van der Waals surface area contributed by atoms with Crippen LogP contribution in [0.2, 0.25) is 0 Å². The molecule has 0 aliphatic carbocycles. The summed E-state index contributed by atoms with van der Waals surface area (Å²) in [6.45, 7) is 1.99. The number of carbonyl (C=O) groups excluding carboxylic acids is 3. The maximum atomic E-state index is 13.7. The number of halogens is 1. The number of nitrogens with one attached hydrogen (secondary N) is 1. The van der Waals surface area contributed by atoms with E-state index in [1.807, 2.05) is 19.1 Å². The normalized spacial score (nSPS) is 15.0. The van der Waals surface area contributed by atoms with Crippen LogP contribution in [0.5, 0.6) is 5.75 Å². The topological polar surface area (TPSA) is 75.7 Å². The van der Waals surface area contributed by atoms with Crippen molar-refractivity contribution in [2.45, 2.75) is 20.0 Å². The standard InChI is InChI=1S/C26H21FN2O4/c1-2-18-7-4-6-10-23(18)29-25(31)21(24(30)28-26(29)32)15-17-11-13-20(14-12-17)33-16-19-8-3-5-9-22(19)27/h3-15H,2,16H2,1H3,(H,28,30,32)/b21-15-. The number of hydrogen-bond acceptors (Lipinski definition) is 4. The number of amides is 4. The molecule has 4 rings (SSSR count). The van der Waals surface area contributed by atoms with Crippen molar-refractivity contribution in [3.8, 4) is 5.75 Å². The molecular weight excluding hydrogens is 423 g/mol. The summed E-state index contributed by atoms with van der Waals surface area (Å²) in [5, 5.41) is 2.23. The SMILES string of the molecule is CCc1ccccc1N1C(=O)NC(=O)/C(=C/c2ccc(OCc3ccccc3F)cc2)C1=O. The summed E-state index contributed by atoms with van der Waals surface area (Å²) in [5.74, 6) is -1.28. The molecule has 0 bridgehead atoms. The first-order chi connectivity index (χ1) is 16.0. The third-order valence-corrected chi connectivity index (χ3v) is 5.26. The highest BCUT2D eigenvalue weighted by atomic mass is 19.1. The minimum atomic E-state index is -0.778. The monoisotopic (exact) mass is 444 g/mol. The second-order valence-corrected chi connectivity index (χ2v) is 7.39. The zero-order valence-electron chi connectivity index (χ0n) is 17.9. The van der Waals surface area contributed by atoms with Gasteiger partial charge in [0.05, 0.1) is 5.69 Å². The third kappa shape index (κ3) is 4.67. The molecule has 1 aliphatic rings. The molecule has 1 N–H and O–H groups in total. The molecule has 6 nitrogen and oxygen atoms in total. The van der Waals surface area contributed by atoms with E-state index in [0.717, 1.165) is 10.5 Å². The van der Waals surface area contributed by atoms with Crippen LogP contribution in [0, 0.1) is 5.82 Å². The molecule has 4 amide bonds. The van der Waals surface area contributed by atoms with Crippen LogP contribution in [0.1, 0.15) is 23.6 Å². The fourth-order valence-electron chi connectivity index (χ4n) is 3.51. The van der Waals surface area contributed by atoms with Gasteiger partial charge < -0.3 is 4.74 Å². The Morgan fingerprint density at radius 1 is 0.909 bits per heavy atom. The summed E-state index contributed by atoms with van der Waals surface area (Å²) < 4.78 is 19.3. The van der Waals surface area contributed by atoms with E-state index in [-0.39, 0.29) is 18.0 Å². The third-order valence-electron chi connectivity index (χ3n) is 5.26. The summed E-state index contributed by atoms with van der Waals surface area (Å²) in [6.07, 6.45) is 2.04. The van der Waals surface area contributed by atoms with Crippen LogP contribution in [0.25, 0.3) is 6.08 Å². The van der Waals surface area contributed by atoms with Gasteiger partial charge in [-0.15, -0.1) is 0 Å². The molecule has 0 aromatic heterocycles. The van der Waals surface area contributed by atoms with Crippen LogP contribution in [-0.4, -0.2) is 17.8 Å². The number of rotatable bonds is 6. The fraction of sp³-hybridized carbons (Fsp3) is 0.115. The molecule has 7 heteroatoms. The van der Waals surface area contributed by atoms with Crippen molar-refractivity contribution >= 4 is 29.6 Å². The van der Waals surface area contributed by atoms with E-state index in [1.165, 1.54) is 12.1 Å². The smallest absolute Gasteiger partial charge is 0.335 e. The molecule has 0 unspecified atom stereocenters. The zero-order valence-corrected chi connectivity index (χ0v) is 17.9. The lowest BCUT2D eigenvalue weighted by Crippen LogP contribution is -2.54. The molecule has 3 aromatic carbocycles. The Kier molecular flexibility index (Phi) is 6.31. The maximum absolute atomic E-state index is 13.7. The second-order valence-electron chi connectivity index (χ2n) is 7.39. The zero-order chi connectivity index (χ0) is 23.4. The first-order valence-electron chi connectivity index (χ1n) is 10.4. The van der Waals surface area contributed by atoms with Crippen molar-refractivity contribution < 1.29 is 23.5 Å². The van der Waals surface area contributed by atoms with Gasteiger partial charge in [-0.2, -0.15) is 0 Å². The van der Waals surface area contributed by atoms with Gasteiger partial charge in [0.25, 0.3) is 11.8 Å². The van der Waals surface area contributed by atoms with Crippen LogP contribution < -0.4 is 15.0 Å². The highest BCUT2D eigenvalue weighted by Gasteiger charge is 2.37. The van der Waals surface area contributed by atoms with Gasteiger partial charge in [-0.3, -0.25) is 14.9 Å². The molecule has 166 valence electrons. The number of imide groups is 2. The number of benzene rings is 3. The molecule has 0 atom stereocenters. The summed E-state index contributed by atoms with van der Waals surface area (Å²) >= 11 is 0. The van der Waals surface area contributed by atoms with E-state index >= 15 is 0 Å². The molecule has 1 heterocycles. The number of barbiturate groups is 1. The van der Waals surface area contributed by atoms with Gasteiger partial charge in [0.1, 0.15) is 23.7 Å². The molecule has 0 radical (unpaired) electrons. The lowest BCUT2D eigenvalue weighted by Gasteiger charge is -2.27. The second kappa shape index (κ2) is 9.48. The Morgan fingerprint density at radius 2 is 1.58 bits per heavy atom. The highest BCUT2D eigenvalue weighted by Crippen LogP contribution is 2.26. The Labute approximate surface area is 190 Å². The first kappa shape index (κ1) is 22.0. The number of para-hydroxylation sites is 1. The summed E-state index contributed by atoms with van der Waals surface area (Å²) in [7, 11) is 0. The van der Waals surface area contributed by atoms with Crippen LogP contribution in [0.4, 0.5) is 14.9 Å². The molecule has 1 aliphatic heterocycles. The Balaban J connectivity index is 1.55. The van der Waals surface area contributed by atoms with Gasteiger partial charge >= 0.3 is 6.03 Å². The van der Waals surface area contributed by atoms with Crippen molar-refractivity contribution in [3.05, 3.63) is 101 Å². The minimum Gasteiger partial charge on any atom is -0.489 e. The van der Waals surface area contributed by atoms with Crippen molar-refractivity contribution in [2.24, 2.45) is 0 Å². The van der Waals surface area contributed by atoms with Crippen molar-refractivity contribution in [1.29, 1.82) is 0 Å². The molecule has 0 spiro atoms. The van der Waals surface area contributed by atoms with Gasteiger partial charge in [0.2, 0.25) is 0 Å². The number of anilines is 1. The molecule has 0 saturated carbocycles. The quantitative estimate of drug-likeness (QED) is 0.444. The van der Waals surface area contributed by atoms with Gasteiger partial charge in [0, 0.05) is 5.56 Å². The van der Waals surface area contributed by atoms with E-state index in [9.17, 15) is 18.8 Å². The number of ether oxygens (including phenoxy) is 1. The Hall–Kier alpha value is -4.26. The van der Waals surface area contributed by atoms with E-state index in [0.29, 0.717) is 29.0 Å². The number of aryl methyl sites for hydroxylation is 1. The van der Waals surface area contributed by atoms with Crippen molar-refractivity contribution in [2.75, 3.05) is 4.90 Å². The molecule has 33 heavy (non-hydrogen) atoms. The van der Waals surface area contributed by atoms with Crippen LogP contribution in [-0.2, 0) is 22.6 Å². The Bertz CT molecular complexity index is 1250. The lowest BCUT2D eigenvalue weighted by atomic mass is 10.0. The van der Waals surface area contributed by atoms with E-state index in [1.54, 1.807) is 54.6 Å². The van der Waals surface area contributed by atoms with Gasteiger partial charge in [-0.25, -0.2) is 14.1 Å². The summed E-state index contributed by atoms with van der Waals surface area (Å²) in [5.41, 5.74) is 2.11. The molecule has 1 saturated heterocycles. The van der Waals surface area contributed by atoms with E-state index in [4.69, 9.17) is 4.74 Å². The number of hydrogen-bond donors (Lipinski definition) is 1. The molecule has 3 aromatic rings. The fourth-order valence-corrected chi connectivity index (χ4v) is 3.51. The van der Waals surface area contributed by atoms with Gasteiger partial charge in [0.15, 0.2) is 0 Å². The van der Waals surface area contributed by atoms with Gasteiger partial charge in [-0.05, 0) is 47.9 Å². The Morgan fingerprint density at radius 3 is 2.27 bits per heavy atom. The number of nitrogens with zero attached hydrogens (tertiary/aromatic N) is 1. The van der Waals surface area contributed by atoms with Crippen molar-refractivity contribution in [3.63, 3.8) is 0 Å². The van der Waals surface area contributed by atoms with Crippen LogP contribution in [0.3, 0.4) is 0 Å². The molecule has 1 fully saturated rings. The van der Waals surface area contributed by atoms with E-state index in [2.05, 4.69) is 5.32 Å². The lowest BCUT2D eigenvalue weighted by molar-refractivity contribution is -0.122. The molecular formula is C26H21FN2O4. The average Bonchev–Trinajstić information content (AvgIpc) is 2.82. The predicted octanol–water partition coefficient (Wildman–Crippen LogP) is 4.63. The first-order valence-corrected chi connectivity index (χ1v) is 10.4. The van der Waals surface area contributed by atoms with E-state index < -0.39 is 17.8 Å². The van der Waals surface area contributed by atoms with Crippen molar-refractivity contribution in [1.82, 2.24) is 5.32 Å².